The van der Waals surface area contributed by atoms with Gasteiger partial charge in [-0.25, -0.2) is 12.7 Å². The molecule has 1 aromatic rings. The molecule has 1 N–H and O–H groups in total. The first kappa shape index (κ1) is 18.5. The molecule has 8 heteroatoms. The minimum absolute atomic E-state index is 0.271. The summed E-state index contributed by atoms with van der Waals surface area (Å²) in [4.78, 5) is 0.271. The maximum atomic E-state index is 12.3. The summed E-state index contributed by atoms with van der Waals surface area (Å²) >= 11 is 1.63. The number of aromatic nitrogens is 2. The van der Waals surface area contributed by atoms with Crippen LogP contribution < -0.4 is 5.32 Å². The highest BCUT2D eigenvalue weighted by Crippen LogP contribution is 2.13. The first-order chi connectivity index (χ1) is 10.0. The molecule has 0 spiro atoms. The average Bonchev–Trinajstić information content (AvgIpc) is 2.94. The Morgan fingerprint density at radius 2 is 2.19 bits per heavy atom. The highest BCUT2D eigenvalue weighted by atomic mass is 32.2. The lowest BCUT2D eigenvalue weighted by Crippen LogP contribution is -2.28. The molecule has 1 rings (SSSR count). The van der Waals surface area contributed by atoms with E-state index in [0.717, 1.165) is 38.2 Å². The van der Waals surface area contributed by atoms with Crippen molar-refractivity contribution in [1.82, 2.24) is 19.4 Å². The lowest BCUT2D eigenvalue weighted by molar-refractivity contribution is 0.488. The quantitative estimate of drug-likeness (QED) is 0.617. The van der Waals surface area contributed by atoms with E-state index in [9.17, 15) is 8.42 Å². The molecule has 6 nitrogen and oxygen atoms in total. The molecule has 0 bridgehead atoms. The monoisotopic (exact) mass is 334 g/mol. The van der Waals surface area contributed by atoms with Gasteiger partial charge in [-0.1, -0.05) is 6.92 Å². The van der Waals surface area contributed by atoms with Crippen molar-refractivity contribution < 1.29 is 8.42 Å². The fourth-order valence-corrected chi connectivity index (χ4v) is 3.49. The third-order valence-electron chi connectivity index (χ3n) is 3.10. The van der Waals surface area contributed by atoms with Crippen molar-refractivity contribution in [2.45, 2.75) is 31.2 Å². The number of hydrogen-bond acceptors (Lipinski definition) is 5. The van der Waals surface area contributed by atoms with Gasteiger partial charge in [-0.15, -0.1) is 0 Å². The number of sulfonamides is 1. The summed E-state index contributed by atoms with van der Waals surface area (Å²) in [6, 6.07) is 0. The molecular weight excluding hydrogens is 308 g/mol. The summed E-state index contributed by atoms with van der Waals surface area (Å²) in [5, 5.41) is 7.45. The van der Waals surface area contributed by atoms with E-state index < -0.39 is 10.0 Å². The molecule has 0 aromatic carbocycles. The largest absolute Gasteiger partial charge is 0.317 e. The number of nitrogens with one attached hydrogen (secondary N) is 1. The second kappa shape index (κ2) is 9.45. The van der Waals surface area contributed by atoms with Gasteiger partial charge in [0.15, 0.2) is 0 Å². The van der Waals surface area contributed by atoms with Crippen LogP contribution in [0.2, 0.25) is 0 Å². The second-order valence-corrected chi connectivity index (χ2v) is 7.89. The van der Waals surface area contributed by atoms with Crippen molar-refractivity contribution in [3.05, 3.63) is 12.4 Å². The van der Waals surface area contributed by atoms with E-state index in [0.29, 0.717) is 6.54 Å². The van der Waals surface area contributed by atoms with Gasteiger partial charge in [-0.05, 0) is 32.2 Å². The van der Waals surface area contributed by atoms with E-state index in [4.69, 9.17) is 0 Å². The fraction of sp³-hybridized carbons (Fsp3) is 0.769. The first-order valence-corrected chi connectivity index (χ1v) is 10.0. The normalized spacial score (nSPS) is 12.2. The topological polar surface area (TPSA) is 67.2 Å². The van der Waals surface area contributed by atoms with Gasteiger partial charge in [-0.3, -0.25) is 4.68 Å². The van der Waals surface area contributed by atoms with Gasteiger partial charge in [0, 0.05) is 32.1 Å². The highest BCUT2D eigenvalue weighted by Gasteiger charge is 2.21. The molecule has 0 amide bonds. The van der Waals surface area contributed by atoms with Gasteiger partial charge >= 0.3 is 0 Å². The molecule has 0 unspecified atom stereocenters. The van der Waals surface area contributed by atoms with E-state index >= 15 is 0 Å². The van der Waals surface area contributed by atoms with Crippen molar-refractivity contribution in [2.24, 2.45) is 0 Å². The Bertz CT molecular complexity index is 502. The number of aryl methyl sites for hydroxylation is 1. The Morgan fingerprint density at radius 1 is 1.43 bits per heavy atom. The molecule has 21 heavy (non-hydrogen) atoms. The van der Waals surface area contributed by atoms with Gasteiger partial charge < -0.3 is 5.32 Å². The van der Waals surface area contributed by atoms with Crippen molar-refractivity contribution >= 4 is 21.8 Å². The molecular formula is C13H26N4O2S2. The summed E-state index contributed by atoms with van der Waals surface area (Å²) in [5.74, 6) is 0.785. The van der Waals surface area contributed by atoms with Crippen LogP contribution in [0.25, 0.3) is 0 Å². The summed E-state index contributed by atoms with van der Waals surface area (Å²) in [6.45, 7) is 5.30. The number of nitrogens with zero attached hydrogens (tertiary/aromatic N) is 3. The number of rotatable bonds is 11. The Kier molecular flexibility index (Phi) is 8.31. The number of hydrogen-bond donors (Lipinski definition) is 1. The minimum Gasteiger partial charge on any atom is -0.317 e. The molecule has 0 atom stereocenters. The van der Waals surface area contributed by atoms with Gasteiger partial charge in [0.1, 0.15) is 4.90 Å². The van der Waals surface area contributed by atoms with Crippen LogP contribution in [0.4, 0.5) is 0 Å². The molecule has 0 fully saturated rings. The van der Waals surface area contributed by atoms with E-state index in [1.54, 1.807) is 29.7 Å². The van der Waals surface area contributed by atoms with Crippen molar-refractivity contribution in [3.63, 3.8) is 0 Å². The van der Waals surface area contributed by atoms with Crippen LogP contribution in [0.3, 0.4) is 0 Å². The predicted octanol–water partition coefficient (Wildman–Crippen LogP) is 1.26. The summed E-state index contributed by atoms with van der Waals surface area (Å²) in [5.41, 5.74) is 0. The number of thioether (sulfide) groups is 1. The summed E-state index contributed by atoms with van der Waals surface area (Å²) < 4.78 is 27.7. The van der Waals surface area contributed by atoms with Crippen LogP contribution in [-0.2, 0) is 16.6 Å². The molecule has 1 heterocycles. The van der Waals surface area contributed by atoms with Crippen LogP contribution >= 0.6 is 11.8 Å². The van der Waals surface area contributed by atoms with Gasteiger partial charge in [0.2, 0.25) is 10.0 Å². The molecule has 0 aliphatic carbocycles. The van der Waals surface area contributed by atoms with Crippen LogP contribution in [0.5, 0.6) is 0 Å². The third kappa shape index (κ3) is 5.98. The molecule has 122 valence electrons. The molecule has 0 radical (unpaired) electrons. The lowest BCUT2D eigenvalue weighted by Gasteiger charge is -2.14. The molecule has 0 saturated heterocycles. The molecule has 0 aliphatic rings. The maximum absolute atomic E-state index is 12.3. The van der Waals surface area contributed by atoms with Crippen molar-refractivity contribution in [3.8, 4) is 0 Å². The maximum Gasteiger partial charge on any atom is 0.245 e. The average molecular weight is 335 g/mol. The third-order valence-corrected chi connectivity index (χ3v) is 5.50. The minimum atomic E-state index is -3.41. The van der Waals surface area contributed by atoms with Crippen LogP contribution in [0.15, 0.2) is 17.3 Å². The molecule has 0 saturated carbocycles. The van der Waals surface area contributed by atoms with Crippen LogP contribution in [0.1, 0.15) is 19.8 Å². The molecule has 1 aromatic heterocycles. The Hall–Kier alpha value is -0.570. The zero-order valence-electron chi connectivity index (χ0n) is 13.1. The van der Waals surface area contributed by atoms with Crippen molar-refractivity contribution in [1.29, 1.82) is 0 Å². The van der Waals surface area contributed by atoms with Crippen LogP contribution in [-0.4, -0.2) is 61.2 Å². The van der Waals surface area contributed by atoms with E-state index in [-0.39, 0.29) is 4.90 Å². The fourth-order valence-electron chi connectivity index (χ4n) is 1.79. The van der Waals surface area contributed by atoms with Gasteiger partial charge in [0.05, 0.1) is 6.20 Å². The summed E-state index contributed by atoms with van der Waals surface area (Å²) in [6.07, 6.45) is 7.07. The van der Waals surface area contributed by atoms with E-state index in [2.05, 4.69) is 17.3 Å². The Balaban J connectivity index is 2.53. The van der Waals surface area contributed by atoms with Gasteiger partial charge in [0.25, 0.3) is 0 Å². The summed E-state index contributed by atoms with van der Waals surface area (Å²) in [7, 11) is -1.80. The highest BCUT2D eigenvalue weighted by molar-refractivity contribution is 7.98. The lowest BCUT2D eigenvalue weighted by atomic mass is 10.4. The first-order valence-electron chi connectivity index (χ1n) is 7.20. The van der Waals surface area contributed by atoms with Gasteiger partial charge in [-0.2, -0.15) is 16.9 Å². The van der Waals surface area contributed by atoms with Crippen LogP contribution in [0, 0.1) is 0 Å². The predicted molar refractivity (Wildman–Crippen MR) is 88.2 cm³/mol. The zero-order chi connectivity index (χ0) is 15.7. The standard InChI is InChI=1S/C13H26N4O2S2/c1-4-6-14-7-5-8-17-12-13(11-15-17)21(18,19)16(2)9-10-20-3/h11-12,14H,4-10H2,1-3H3. The smallest absolute Gasteiger partial charge is 0.245 e. The second-order valence-electron chi connectivity index (χ2n) is 4.86. The van der Waals surface area contributed by atoms with E-state index in [1.807, 2.05) is 6.26 Å². The molecule has 0 aliphatic heterocycles. The SMILES string of the molecule is CCCNCCCn1cc(S(=O)(=O)N(C)CCSC)cn1. The zero-order valence-corrected chi connectivity index (χ0v) is 14.7. The Labute approximate surface area is 132 Å². The van der Waals surface area contributed by atoms with Crippen molar-refractivity contribution in [2.75, 3.05) is 38.7 Å². The van der Waals surface area contributed by atoms with E-state index in [1.165, 1.54) is 10.5 Å². The Morgan fingerprint density at radius 3 is 2.86 bits per heavy atom.